The van der Waals surface area contributed by atoms with E-state index >= 15 is 0 Å². The molecule has 0 bridgehead atoms. The highest BCUT2D eigenvalue weighted by Crippen LogP contribution is 2.05. The maximum atomic E-state index is 11.9. The van der Waals surface area contributed by atoms with Gasteiger partial charge in [-0.2, -0.15) is 0 Å². The van der Waals surface area contributed by atoms with Crippen LogP contribution in [0.15, 0.2) is 12.5 Å². The monoisotopic (exact) mass is 209 g/mol. The van der Waals surface area contributed by atoms with Crippen LogP contribution in [0.25, 0.3) is 0 Å². The van der Waals surface area contributed by atoms with Crippen molar-refractivity contribution in [3.05, 3.63) is 18.2 Å². The van der Waals surface area contributed by atoms with Crippen LogP contribution in [0.2, 0.25) is 0 Å². The van der Waals surface area contributed by atoms with Crippen molar-refractivity contribution in [1.82, 2.24) is 15.3 Å². The summed E-state index contributed by atoms with van der Waals surface area (Å²) in [5.74, 6) is 0.323. The van der Waals surface area contributed by atoms with Gasteiger partial charge in [0.1, 0.15) is 0 Å². The summed E-state index contributed by atoms with van der Waals surface area (Å²) in [5.41, 5.74) is 0.995. The first-order valence-corrected chi connectivity index (χ1v) is 5.39. The standard InChI is InChI=1S/C11H19N3O/c1-4-13-10(11(15)8(2)3)5-9-6-12-7-14-9/h6-8,10,13H,4-5H2,1-3H3,(H,12,14). The third kappa shape index (κ3) is 3.47. The Bertz CT molecular complexity index is 293. The van der Waals surface area contributed by atoms with Gasteiger partial charge in [0.15, 0.2) is 5.78 Å². The topological polar surface area (TPSA) is 57.8 Å². The number of imidazole rings is 1. The highest BCUT2D eigenvalue weighted by atomic mass is 16.1. The number of nitrogens with one attached hydrogen (secondary N) is 2. The Morgan fingerprint density at radius 1 is 1.60 bits per heavy atom. The molecular weight excluding hydrogens is 190 g/mol. The molecule has 0 fully saturated rings. The molecule has 2 N–H and O–H groups in total. The molecule has 0 spiro atoms. The number of nitrogens with zero attached hydrogens (tertiary/aromatic N) is 1. The second-order valence-corrected chi connectivity index (χ2v) is 3.95. The van der Waals surface area contributed by atoms with Gasteiger partial charge in [-0.3, -0.25) is 4.79 Å². The van der Waals surface area contributed by atoms with Crippen molar-refractivity contribution in [3.8, 4) is 0 Å². The second kappa shape index (κ2) is 5.66. The summed E-state index contributed by atoms with van der Waals surface area (Å²) in [5, 5.41) is 3.20. The summed E-state index contributed by atoms with van der Waals surface area (Å²) in [6.07, 6.45) is 4.08. The van der Waals surface area contributed by atoms with Crippen LogP contribution in [-0.4, -0.2) is 28.3 Å². The maximum absolute atomic E-state index is 11.9. The zero-order valence-electron chi connectivity index (χ0n) is 9.58. The molecule has 4 nitrogen and oxygen atoms in total. The third-order valence-electron chi connectivity index (χ3n) is 2.34. The van der Waals surface area contributed by atoms with E-state index in [1.807, 2.05) is 20.8 Å². The molecule has 1 aromatic heterocycles. The van der Waals surface area contributed by atoms with Crippen molar-refractivity contribution in [2.24, 2.45) is 5.92 Å². The molecule has 1 atom stereocenters. The summed E-state index contributed by atoms with van der Waals surface area (Å²) in [6.45, 7) is 6.67. The third-order valence-corrected chi connectivity index (χ3v) is 2.34. The molecule has 15 heavy (non-hydrogen) atoms. The summed E-state index contributed by atoms with van der Waals surface area (Å²) in [6, 6.07) is -0.101. The zero-order chi connectivity index (χ0) is 11.3. The van der Waals surface area contributed by atoms with E-state index in [0.717, 1.165) is 12.2 Å². The fourth-order valence-electron chi connectivity index (χ4n) is 1.54. The lowest BCUT2D eigenvalue weighted by Gasteiger charge is -2.17. The van der Waals surface area contributed by atoms with Crippen LogP contribution in [0, 0.1) is 5.92 Å². The minimum atomic E-state index is -0.101. The predicted molar refractivity (Wildman–Crippen MR) is 59.6 cm³/mol. The van der Waals surface area contributed by atoms with E-state index in [2.05, 4.69) is 15.3 Å². The summed E-state index contributed by atoms with van der Waals surface area (Å²) < 4.78 is 0. The van der Waals surface area contributed by atoms with E-state index in [1.165, 1.54) is 0 Å². The SMILES string of the molecule is CCNC(Cc1cnc[nH]1)C(=O)C(C)C. The molecule has 0 saturated carbocycles. The first-order chi connectivity index (χ1) is 7.15. The van der Waals surface area contributed by atoms with E-state index in [9.17, 15) is 4.79 Å². The van der Waals surface area contributed by atoms with Crippen LogP contribution >= 0.6 is 0 Å². The number of ketones is 1. The lowest BCUT2D eigenvalue weighted by atomic mass is 9.98. The Balaban J connectivity index is 2.62. The Hall–Kier alpha value is -1.16. The summed E-state index contributed by atoms with van der Waals surface area (Å²) >= 11 is 0. The van der Waals surface area contributed by atoms with Crippen LogP contribution < -0.4 is 5.32 Å². The van der Waals surface area contributed by atoms with Crippen LogP contribution in [-0.2, 0) is 11.2 Å². The summed E-state index contributed by atoms with van der Waals surface area (Å²) in [4.78, 5) is 18.8. The number of aromatic nitrogens is 2. The van der Waals surface area contributed by atoms with E-state index in [-0.39, 0.29) is 17.7 Å². The molecule has 84 valence electrons. The molecule has 0 aliphatic carbocycles. The smallest absolute Gasteiger partial charge is 0.152 e. The van der Waals surface area contributed by atoms with Gasteiger partial charge in [0, 0.05) is 24.2 Å². The average molecular weight is 209 g/mol. The fraction of sp³-hybridized carbons (Fsp3) is 0.636. The molecule has 0 saturated heterocycles. The fourth-order valence-corrected chi connectivity index (χ4v) is 1.54. The maximum Gasteiger partial charge on any atom is 0.152 e. The minimum absolute atomic E-state index is 0.0666. The van der Waals surface area contributed by atoms with E-state index < -0.39 is 0 Å². The minimum Gasteiger partial charge on any atom is -0.348 e. The van der Waals surface area contributed by atoms with Crippen LogP contribution in [0.1, 0.15) is 26.5 Å². The van der Waals surface area contributed by atoms with Gasteiger partial charge in [0.25, 0.3) is 0 Å². The molecule has 0 amide bonds. The van der Waals surface area contributed by atoms with Crippen molar-refractivity contribution in [2.75, 3.05) is 6.54 Å². The van der Waals surface area contributed by atoms with Gasteiger partial charge in [-0.15, -0.1) is 0 Å². The Morgan fingerprint density at radius 3 is 2.80 bits per heavy atom. The number of hydrogen-bond donors (Lipinski definition) is 2. The molecule has 0 aliphatic heterocycles. The number of likely N-dealkylation sites (N-methyl/N-ethyl adjacent to an activating group) is 1. The number of H-pyrrole nitrogens is 1. The molecule has 1 heterocycles. The molecule has 0 radical (unpaired) electrons. The second-order valence-electron chi connectivity index (χ2n) is 3.95. The van der Waals surface area contributed by atoms with Gasteiger partial charge in [-0.25, -0.2) is 4.98 Å². The number of aromatic amines is 1. The quantitative estimate of drug-likeness (QED) is 0.739. The van der Waals surface area contributed by atoms with Crippen molar-refractivity contribution in [1.29, 1.82) is 0 Å². The van der Waals surface area contributed by atoms with E-state index in [0.29, 0.717) is 6.42 Å². The van der Waals surface area contributed by atoms with E-state index in [4.69, 9.17) is 0 Å². The van der Waals surface area contributed by atoms with Crippen LogP contribution in [0.5, 0.6) is 0 Å². The first kappa shape index (κ1) is 11.9. The molecule has 0 aliphatic rings. The van der Waals surface area contributed by atoms with Gasteiger partial charge in [-0.05, 0) is 6.54 Å². The van der Waals surface area contributed by atoms with Gasteiger partial charge >= 0.3 is 0 Å². The predicted octanol–water partition coefficient (Wildman–Crippen LogP) is 1.16. The number of rotatable bonds is 6. The zero-order valence-corrected chi connectivity index (χ0v) is 9.58. The van der Waals surface area contributed by atoms with Crippen molar-refractivity contribution in [2.45, 2.75) is 33.2 Å². The highest BCUT2D eigenvalue weighted by Gasteiger charge is 2.20. The van der Waals surface area contributed by atoms with Gasteiger partial charge in [-0.1, -0.05) is 20.8 Å². The number of carbonyl (C=O) groups is 1. The van der Waals surface area contributed by atoms with Crippen molar-refractivity contribution in [3.63, 3.8) is 0 Å². The van der Waals surface area contributed by atoms with Crippen LogP contribution in [0.3, 0.4) is 0 Å². The lowest BCUT2D eigenvalue weighted by molar-refractivity contribution is -0.123. The van der Waals surface area contributed by atoms with Crippen molar-refractivity contribution >= 4 is 5.78 Å². The Morgan fingerprint density at radius 2 is 2.33 bits per heavy atom. The molecule has 1 aromatic rings. The average Bonchev–Trinajstić information content (AvgIpc) is 2.68. The number of carbonyl (C=O) groups excluding carboxylic acids is 1. The molecule has 1 rings (SSSR count). The Labute approximate surface area is 90.5 Å². The molecule has 4 heteroatoms. The number of Topliss-reactive ketones (excluding diaryl/α,β-unsaturated/α-hetero) is 1. The Kier molecular flexibility index (Phi) is 4.49. The van der Waals surface area contributed by atoms with E-state index in [1.54, 1.807) is 12.5 Å². The van der Waals surface area contributed by atoms with Crippen LogP contribution in [0.4, 0.5) is 0 Å². The van der Waals surface area contributed by atoms with Gasteiger partial charge in [0.05, 0.1) is 12.4 Å². The van der Waals surface area contributed by atoms with Gasteiger partial charge in [0.2, 0.25) is 0 Å². The largest absolute Gasteiger partial charge is 0.348 e. The molecular formula is C11H19N3O. The van der Waals surface area contributed by atoms with Gasteiger partial charge < -0.3 is 10.3 Å². The lowest BCUT2D eigenvalue weighted by Crippen LogP contribution is -2.40. The summed E-state index contributed by atoms with van der Waals surface area (Å²) in [7, 11) is 0. The molecule has 1 unspecified atom stereocenters. The van der Waals surface area contributed by atoms with Crippen molar-refractivity contribution < 1.29 is 4.79 Å². The molecule has 0 aromatic carbocycles. The number of hydrogen-bond acceptors (Lipinski definition) is 3. The first-order valence-electron chi connectivity index (χ1n) is 5.39. The normalized spacial score (nSPS) is 13.1. The highest BCUT2D eigenvalue weighted by molar-refractivity contribution is 5.85.